The number of ether oxygens (including phenoxy) is 1. The molecule has 1 atom stereocenters. The van der Waals surface area contributed by atoms with Crippen molar-refractivity contribution < 1.29 is 9.53 Å². The zero-order chi connectivity index (χ0) is 15.4. The minimum absolute atomic E-state index is 0.126. The van der Waals surface area contributed by atoms with Crippen LogP contribution in [0, 0.1) is 6.92 Å². The SMILES string of the molecule is Cc1cc(Cl)ccc1Oc1ccc(NC(=O)[C@@H](C)Br)cn1. The molecule has 0 fully saturated rings. The molecule has 0 saturated heterocycles. The molecular formula is C15H14BrClN2O2. The van der Waals surface area contributed by atoms with Crippen molar-refractivity contribution in [2.45, 2.75) is 18.7 Å². The highest BCUT2D eigenvalue weighted by Crippen LogP contribution is 2.26. The fraction of sp³-hybridized carbons (Fsp3) is 0.200. The number of nitrogens with one attached hydrogen (secondary N) is 1. The minimum Gasteiger partial charge on any atom is -0.439 e. The molecule has 1 aromatic carbocycles. The summed E-state index contributed by atoms with van der Waals surface area (Å²) in [6.07, 6.45) is 1.55. The smallest absolute Gasteiger partial charge is 0.237 e. The molecule has 0 unspecified atom stereocenters. The van der Waals surface area contributed by atoms with Crippen LogP contribution in [0.25, 0.3) is 0 Å². The van der Waals surface area contributed by atoms with E-state index in [-0.39, 0.29) is 10.7 Å². The molecule has 1 heterocycles. The number of alkyl halides is 1. The van der Waals surface area contributed by atoms with Crippen LogP contribution in [0.2, 0.25) is 5.02 Å². The summed E-state index contributed by atoms with van der Waals surface area (Å²) in [7, 11) is 0. The van der Waals surface area contributed by atoms with Crippen LogP contribution in [0.1, 0.15) is 12.5 Å². The van der Waals surface area contributed by atoms with Crippen LogP contribution < -0.4 is 10.1 Å². The fourth-order valence-corrected chi connectivity index (χ4v) is 1.94. The predicted octanol–water partition coefficient (Wildman–Crippen LogP) is 4.56. The summed E-state index contributed by atoms with van der Waals surface area (Å²) in [5.41, 5.74) is 1.54. The molecule has 0 radical (unpaired) electrons. The first-order chi connectivity index (χ1) is 9.95. The van der Waals surface area contributed by atoms with Crippen LogP contribution in [0.3, 0.4) is 0 Å². The number of benzene rings is 1. The summed E-state index contributed by atoms with van der Waals surface area (Å²) < 4.78 is 5.68. The molecular weight excluding hydrogens is 356 g/mol. The number of amides is 1. The van der Waals surface area contributed by atoms with Gasteiger partial charge in [0.25, 0.3) is 0 Å². The van der Waals surface area contributed by atoms with Gasteiger partial charge in [-0.3, -0.25) is 4.79 Å². The van der Waals surface area contributed by atoms with Gasteiger partial charge < -0.3 is 10.1 Å². The normalized spacial score (nSPS) is 11.8. The molecule has 6 heteroatoms. The molecule has 1 aromatic heterocycles. The van der Waals surface area contributed by atoms with Crippen LogP contribution in [-0.2, 0) is 4.79 Å². The lowest BCUT2D eigenvalue weighted by Gasteiger charge is -2.09. The third kappa shape index (κ3) is 4.44. The van der Waals surface area contributed by atoms with Gasteiger partial charge in [0.15, 0.2) is 0 Å². The van der Waals surface area contributed by atoms with Crippen molar-refractivity contribution in [3.63, 3.8) is 0 Å². The van der Waals surface area contributed by atoms with Crippen LogP contribution in [0.4, 0.5) is 5.69 Å². The van der Waals surface area contributed by atoms with E-state index in [1.165, 1.54) is 0 Å². The number of carbonyl (C=O) groups excluding carboxylic acids is 1. The van der Waals surface area contributed by atoms with E-state index in [1.54, 1.807) is 37.4 Å². The van der Waals surface area contributed by atoms with E-state index >= 15 is 0 Å². The van der Waals surface area contributed by atoms with E-state index in [0.29, 0.717) is 22.3 Å². The Bertz CT molecular complexity index is 645. The van der Waals surface area contributed by atoms with Gasteiger partial charge in [0.2, 0.25) is 11.8 Å². The number of pyridine rings is 1. The minimum atomic E-state index is -0.259. The molecule has 0 spiro atoms. The van der Waals surface area contributed by atoms with E-state index in [9.17, 15) is 4.79 Å². The van der Waals surface area contributed by atoms with Crippen LogP contribution in [-0.4, -0.2) is 15.7 Å². The second kappa shape index (κ2) is 6.91. The van der Waals surface area contributed by atoms with Gasteiger partial charge in [0, 0.05) is 11.1 Å². The second-order valence-electron chi connectivity index (χ2n) is 4.50. The Kier molecular flexibility index (Phi) is 5.20. The lowest BCUT2D eigenvalue weighted by molar-refractivity contribution is -0.115. The maximum atomic E-state index is 11.5. The zero-order valence-electron chi connectivity index (χ0n) is 11.6. The Morgan fingerprint density at radius 2 is 2.14 bits per heavy atom. The highest BCUT2D eigenvalue weighted by Gasteiger charge is 2.09. The average Bonchev–Trinajstić information content (AvgIpc) is 2.43. The number of aromatic nitrogens is 1. The number of hydrogen-bond acceptors (Lipinski definition) is 3. The van der Waals surface area contributed by atoms with Gasteiger partial charge in [-0.25, -0.2) is 4.98 Å². The van der Waals surface area contributed by atoms with Crippen LogP contribution in [0.15, 0.2) is 36.5 Å². The number of nitrogens with zero attached hydrogens (tertiary/aromatic N) is 1. The Labute approximate surface area is 136 Å². The van der Waals surface area contributed by atoms with E-state index in [0.717, 1.165) is 5.56 Å². The lowest BCUT2D eigenvalue weighted by atomic mass is 10.2. The largest absolute Gasteiger partial charge is 0.439 e. The third-order valence-electron chi connectivity index (χ3n) is 2.72. The number of carbonyl (C=O) groups is 1. The van der Waals surface area contributed by atoms with Crippen molar-refractivity contribution in [3.8, 4) is 11.6 Å². The van der Waals surface area contributed by atoms with Gasteiger partial charge >= 0.3 is 0 Å². The van der Waals surface area contributed by atoms with E-state index < -0.39 is 0 Å². The molecule has 0 bridgehead atoms. The number of anilines is 1. The molecule has 0 aliphatic heterocycles. The van der Waals surface area contributed by atoms with Crippen molar-refractivity contribution in [1.29, 1.82) is 0 Å². The number of aryl methyl sites for hydroxylation is 1. The summed E-state index contributed by atoms with van der Waals surface area (Å²) in [4.78, 5) is 15.4. The van der Waals surface area contributed by atoms with Gasteiger partial charge in [0.05, 0.1) is 16.7 Å². The fourth-order valence-electron chi connectivity index (χ4n) is 1.60. The Morgan fingerprint density at radius 1 is 1.38 bits per heavy atom. The van der Waals surface area contributed by atoms with Crippen molar-refractivity contribution in [2.75, 3.05) is 5.32 Å². The molecule has 2 rings (SSSR count). The Balaban J connectivity index is 2.07. The van der Waals surface area contributed by atoms with Gasteiger partial charge in [0.1, 0.15) is 5.75 Å². The number of hydrogen-bond donors (Lipinski definition) is 1. The van der Waals surface area contributed by atoms with Gasteiger partial charge in [-0.05, 0) is 43.7 Å². The van der Waals surface area contributed by atoms with E-state index in [4.69, 9.17) is 16.3 Å². The maximum absolute atomic E-state index is 11.5. The molecule has 1 N–H and O–H groups in total. The molecule has 0 aliphatic rings. The maximum Gasteiger partial charge on any atom is 0.237 e. The summed E-state index contributed by atoms with van der Waals surface area (Å²) in [5.74, 6) is 1.02. The molecule has 1 amide bonds. The van der Waals surface area contributed by atoms with Crippen LogP contribution in [0.5, 0.6) is 11.6 Å². The van der Waals surface area contributed by atoms with Crippen molar-refractivity contribution >= 4 is 39.1 Å². The van der Waals surface area contributed by atoms with Gasteiger partial charge in [-0.2, -0.15) is 0 Å². The van der Waals surface area contributed by atoms with Crippen molar-refractivity contribution in [1.82, 2.24) is 4.98 Å². The predicted molar refractivity (Wildman–Crippen MR) is 87.5 cm³/mol. The Morgan fingerprint density at radius 3 is 2.71 bits per heavy atom. The first-order valence-corrected chi connectivity index (χ1v) is 7.60. The highest BCUT2D eigenvalue weighted by atomic mass is 79.9. The van der Waals surface area contributed by atoms with E-state index in [1.807, 2.05) is 13.0 Å². The topological polar surface area (TPSA) is 51.2 Å². The first-order valence-electron chi connectivity index (χ1n) is 6.30. The van der Waals surface area contributed by atoms with Crippen molar-refractivity contribution in [2.24, 2.45) is 0 Å². The summed E-state index contributed by atoms with van der Waals surface area (Å²) in [6.45, 7) is 3.66. The van der Waals surface area contributed by atoms with Gasteiger partial charge in [-0.15, -0.1) is 0 Å². The number of rotatable bonds is 4. The zero-order valence-corrected chi connectivity index (χ0v) is 13.9. The molecule has 0 aliphatic carbocycles. The summed E-state index contributed by atoms with van der Waals surface area (Å²) in [5, 5.41) is 3.39. The molecule has 0 saturated carbocycles. The van der Waals surface area contributed by atoms with Crippen LogP contribution >= 0.6 is 27.5 Å². The van der Waals surface area contributed by atoms with Crippen molar-refractivity contribution in [3.05, 3.63) is 47.1 Å². The second-order valence-corrected chi connectivity index (χ2v) is 6.31. The molecule has 4 nitrogen and oxygen atoms in total. The molecule has 21 heavy (non-hydrogen) atoms. The summed E-state index contributed by atoms with van der Waals surface area (Å²) >= 11 is 9.10. The lowest BCUT2D eigenvalue weighted by Crippen LogP contribution is -2.19. The Hall–Kier alpha value is -1.59. The number of halogens is 2. The highest BCUT2D eigenvalue weighted by molar-refractivity contribution is 9.10. The monoisotopic (exact) mass is 368 g/mol. The molecule has 2 aromatic rings. The van der Waals surface area contributed by atoms with E-state index in [2.05, 4.69) is 26.2 Å². The first kappa shape index (κ1) is 15.8. The quantitative estimate of drug-likeness (QED) is 0.804. The average molecular weight is 370 g/mol. The molecule has 110 valence electrons. The van der Waals surface area contributed by atoms with Gasteiger partial charge in [-0.1, -0.05) is 27.5 Å². The standard InChI is InChI=1S/C15H14BrClN2O2/c1-9-7-11(17)3-5-13(9)21-14-6-4-12(8-18-14)19-15(20)10(2)16/h3-8,10H,1-2H3,(H,19,20)/t10-/m1/s1. The summed E-state index contributed by atoms with van der Waals surface area (Å²) in [6, 6.07) is 8.81. The third-order valence-corrected chi connectivity index (χ3v) is 3.37.